The van der Waals surface area contributed by atoms with Crippen LogP contribution in [0.1, 0.15) is 36.3 Å². The number of anilines is 3. The van der Waals surface area contributed by atoms with Gasteiger partial charge in [0.25, 0.3) is 5.56 Å². The second kappa shape index (κ2) is 7.57. The number of rotatable bonds is 4. The molecule has 3 heterocycles. The highest BCUT2D eigenvalue weighted by atomic mass is 16.5. The summed E-state index contributed by atoms with van der Waals surface area (Å²) in [6.45, 7) is 3.49. The number of fused-ring (bicyclic) bond motifs is 1. The molecular formula is C20H23N5O4. The Hall–Kier alpha value is -3.36. The molecule has 1 aromatic heterocycles. The number of hydrogen-bond acceptors (Lipinski definition) is 6. The fourth-order valence-electron chi connectivity index (χ4n) is 3.80. The maximum Gasteiger partial charge on any atom is 0.258 e. The smallest absolute Gasteiger partial charge is 0.258 e. The van der Waals surface area contributed by atoms with Crippen molar-refractivity contribution in [2.24, 2.45) is 0 Å². The van der Waals surface area contributed by atoms with E-state index in [1.165, 1.54) is 7.11 Å². The molecule has 0 aliphatic carbocycles. The molecule has 9 heteroatoms. The zero-order chi connectivity index (χ0) is 20.5. The van der Waals surface area contributed by atoms with Crippen LogP contribution in [0.5, 0.6) is 5.75 Å². The molecule has 1 fully saturated rings. The van der Waals surface area contributed by atoms with Crippen LogP contribution in [0.4, 0.5) is 17.5 Å². The second-order valence-corrected chi connectivity index (χ2v) is 7.34. The van der Waals surface area contributed by atoms with E-state index in [0.29, 0.717) is 17.4 Å². The van der Waals surface area contributed by atoms with Crippen molar-refractivity contribution in [3.63, 3.8) is 0 Å². The summed E-state index contributed by atoms with van der Waals surface area (Å²) in [5.41, 5.74) is 1.20. The van der Waals surface area contributed by atoms with Crippen molar-refractivity contribution in [1.29, 1.82) is 0 Å². The first kappa shape index (κ1) is 19.0. The van der Waals surface area contributed by atoms with Crippen LogP contribution in [0, 0.1) is 6.92 Å². The summed E-state index contributed by atoms with van der Waals surface area (Å²) in [6.07, 6.45) is 1.92. The molecule has 0 bridgehead atoms. The van der Waals surface area contributed by atoms with Crippen molar-refractivity contribution >= 4 is 29.3 Å². The summed E-state index contributed by atoms with van der Waals surface area (Å²) in [7, 11) is 1.51. The first-order chi connectivity index (χ1) is 14.0. The molecule has 1 saturated heterocycles. The first-order valence-corrected chi connectivity index (χ1v) is 9.61. The van der Waals surface area contributed by atoms with Crippen LogP contribution in [-0.4, -0.2) is 42.0 Å². The number of H-pyrrole nitrogens is 1. The molecule has 1 atom stereocenters. The maximum absolute atomic E-state index is 13.0. The second-order valence-electron chi connectivity index (χ2n) is 7.34. The van der Waals surface area contributed by atoms with Gasteiger partial charge in [0.2, 0.25) is 17.8 Å². The van der Waals surface area contributed by atoms with E-state index in [9.17, 15) is 14.4 Å². The fraction of sp³-hybridized carbons (Fsp3) is 0.400. The molecule has 9 nitrogen and oxygen atoms in total. The Morgan fingerprint density at radius 1 is 1.28 bits per heavy atom. The third-order valence-corrected chi connectivity index (χ3v) is 5.27. The molecular weight excluding hydrogens is 374 g/mol. The predicted molar refractivity (Wildman–Crippen MR) is 109 cm³/mol. The number of benzene rings is 1. The number of nitrogens with one attached hydrogen (secondary N) is 3. The molecule has 2 aliphatic rings. The van der Waals surface area contributed by atoms with E-state index in [1.807, 2.05) is 17.9 Å². The molecule has 0 spiro atoms. The number of ether oxygens (including phenoxy) is 1. The van der Waals surface area contributed by atoms with E-state index < -0.39 is 17.4 Å². The van der Waals surface area contributed by atoms with Gasteiger partial charge in [0.15, 0.2) is 0 Å². The van der Waals surface area contributed by atoms with Crippen LogP contribution < -0.4 is 25.8 Å². The highest BCUT2D eigenvalue weighted by Crippen LogP contribution is 2.32. The summed E-state index contributed by atoms with van der Waals surface area (Å²) in [5.74, 6) is -0.657. The lowest BCUT2D eigenvalue weighted by Crippen LogP contribution is -2.37. The van der Waals surface area contributed by atoms with Crippen LogP contribution in [0.3, 0.4) is 0 Å². The summed E-state index contributed by atoms with van der Waals surface area (Å²) in [4.78, 5) is 47.2. The molecule has 29 heavy (non-hydrogen) atoms. The molecule has 0 saturated carbocycles. The molecule has 3 N–H and O–H groups in total. The van der Waals surface area contributed by atoms with Gasteiger partial charge in [0.1, 0.15) is 11.6 Å². The molecule has 0 radical (unpaired) electrons. The van der Waals surface area contributed by atoms with Crippen molar-refractivity contribution in [2.75, 3.05) is 35.7 Å². The molecule has 152 valence electrons. The van der Waals surface area contributed by atoms with Gasteiger partial charge in [-0.25, -0.2) is 0 Å². The highest BCUT2D eigenvalue weighted by molar-refractivity contribution is 6.05. The van der Waals surface area contributed by atoms with Gasteiger partial charge in [-0.3, -0.25) is 19.4 Å². The van der Waals surface area contributed by atoms with E-state index in [0.717, 1.165) is 31.5 Å². The van der Waals surface area contributed by atoms with Crippen LogP contribution >= 0.6 is 0 Å². The van der Waals surface area contributed by atoms with E-state index in [1.54, 1.807) is 12.1 Å². The maximum atomic E-state index is 13.0. The van der Waals surface area contributed by atoms with Crippen molar-refractivity contribution in [3.8, 4) is 5.75 Å². The lowest BCUT2D eigenvalue weighted by Gasteiger charge is -2.25. The summed E-state index contributed by atoms with van der Waals surface area (Å²) < 4.78 is 5.30. The van der Waals surface area contributed by atoms with Gasteiger partial charge >= 0.3 is 0 Å². The summed E-state index contributed by atoms with van der Waals surface area (Å²) in [6, 6.07) is 5.40. The average Bonchev–Trinajstić information content (AvgIpc) is 3.22. The molecule has 2 aliphatic heterocycles. The Morgan fingerprint density at radius 3 is 2.76 bits per heavy atom. The van der Waals surface area contributed by atoms with Crippen molar-refractivity contribution in [2.45, 2.75) is 32.1 Å². The minimum Gasteiger partial charge on any atom is -0.495 e. The molecule has 1 unspecified atom stereocenters. The number of aromatic nitrogens is 2. The zero-order valence-corrected chi connectivity index (χ0v) is 16.4. The molecule has 2 aromatic rings. The van der Waals surface area contributed by atoms with Gasteiger partial charge in [0, 0.05) is 19.5 Å². The van der Waals surface area contributed by atoms with Gasteiger partial charge < -0.3 is 20.3 Å². The number of amides is 2. The lowest BCUT2D eigenvalue weighted by atomic mass is 9.92. The lowest BCUT2D eigenvalue weighted by molar-refractivity contribution is -0.123. The van der Waals surface area contributed by atoms with E-state index in [-0.39, 0.29) is 23.7 Å². The Balaban J connectivity index is 1.67. The predicted octanol–water partition coefficient (Wildman–Crippen LogP) is 1.75. The molecule has 4 rings (SSSR count). The summed E-state index contributed by atoms with van der Waals surface area (Å²) in [5, 5.41) is 5.44. The Bertz CT molecular complexity index is 1030. The topological polar surface area (TPSA) is 116 Å². The van der Waals surface area contributed by atoms with Gasteiger partial charge in [-0.1, -0.05) is 6.07 Å². The van der Waals surface area contributed by atoms with E-state index >= 15 is 0 Å². The third-order valence-electron chi connectivity index (χ3n) is 5.27. The number of methoxy groups -OCH3 is 1. The Morgan fingerprint density at radius 2 is 2.03 bits per heavy atom. The zero-order valence-electron chi connectivity index (χ0n) is 16.4. The summed E-state index contributed by atoms with van der Waals surface area (Å²) >= 11 is 0. The number of carbonyl (C=O) groups excluding carboxylic acids is 2. The quantitative estimate of drug-likeness (QED) is 0.724. The average molecular weight is 397 g/mol. The number of aromatic amines is 1. The fourth-order valence-corrected chi connectivity index (χ4v) is 3.80. The number of hydrogen-bond donors (Lipinski definition) is 3. The standard InChI is InChI=1S/C20H23N5O4/c1-11-5-6-14(29-2)13(9-11)21-18(27)12-10-15(26)22-17-16(12)19(28)24-20(23-17)25-7-3-4-8-25/h5-6,9,12H,3-4,7-8,10H2,1-2H3,(H,21,27)(H2,22,23,24,26,28). The minimum absolute atomic E-state index is 0.124. The van der Waals surface area contributed by atoms with Gasteiger partial charge in [-0.15, -0.1) is 0 Å². The first-order valence-electron chi connectivity index (χ1n) is 9.61. The van der Waals surface area contributed by atoms with Gasteiger partial charge in [-0.2, -0.15) is 4.98 Å². The highest BCUT2D eigenvalue weighted by Gasteiger charge is 2.35. The molecule has 2 amide bonds. The van der Waals surface area contributed by atoms with Crippen LogP contribution in [0.2, 0.25) is 0 Å². The monoisotopic (exact) mass is 397 g/mol. The Kier molecular flexibility index (Phi) is 4.96. The number of aryl methyl sites for hydroxylation is 1. The van der Waals surface area contributed by atoms with Crippen LogP contribution in [0.25, 0.3) is 0 Å². The largest absolute Gasteiger partial charge is 0.495 e. The SMILES string of the molecule is COc1ccc(C)cc1NC(=O)C1CC(=O)Nc2nc(N3CCCC3)[nH]c(=O)c21. The third kappa shape index (κ3) is 3.67. The van der Waals surface area contributed by atoms with Crippen LogP contribution in [-0.2, 0) is 9.59 Å². The van der Waals surface area contributed by atoms with Crippen molar-refractivity contribution in [1.82, 2.24) is 9.97 Å². The van der Waals surface area contributed by atoms with E-state index in [2.05, 4.69) is 20.6 Å². The number of carbonyl (C=O) groups is 2. The Labute approximate surface area is 167 Å². The van der Waals surface area contributed by atoms with Gasteiger partial charge in [-0.05, 0) is 37.5 Å². The van der Waals surface area contributed by atoms with Crippen LogP contribution in [0.15, 0.2) is 23.0 Å². The van der Waals surface area contributed by atoms with Crippen molar-refractivity contribution < 1.29 is 14.3 Å². The minimum atomic E-state index is -0.937. The van der Waals surface area contributed by atoms with E-state index in [4.69, 9.17) is 4.74 Å². The number of nitrogens with zero attached hydrogens (tertiary/aromatic N) is 2. The van der Waals surface area contributed by atoms with Crippen molar-refractivity contribution in [3.05, 3.63) is 39.7 Å². The normalized spacial score (nSPS) is 18.2. The van der Waals surface area contributed by atoms with Gasteiger partial charge in [0.05, 0.1) is 24.3 Å². The molecule has 1 aromatic carbocycles.